The molecule has 2 aromatic carbocycles. The van der Waals surface area contributed by atoms with E-state index in [1.807, 2.05) is 42.5 Å². The Morgan fingerprint density at radius 2 is 1.74 bits per heavy atom. The summed E-state index contributed by atoms with van der Waals surface area (Å²) in [6.07, 6.45) is 3.11. The molecule has 0 bridgehead atoms. The molecule has 5 rings (SSSR count). The van der Waals surface area contributed by atoms with Gasteiger partial charge in [0, 0.05) is 41.9 Å². The molecule has 1 saturated heterocycles. The van der Waals surface area contributed by atoms with Crippen molar-refractivity contribution in [1.29, 1.82) is 0 Å². The van der Waals surface area contributed by atoms with Crippen LogP contribution in [0.25, 0.3) is 11.3 Å². The van der Waals surface area contributed by atoms with Crippen LogP contribution in [0.4, 0.5) is 23.0 Å². The van der Waals surface area contributed by atoms with Crippen LogP contribution < -0.4 is 15.5 Å². The van der Waals surface area contributed by atoms with E-state index in [1.165, 1.54) is 16.7 Å². The van der Waals surface area contributed by atoms with Crippen molar-refractivity contribution < 1.29 is 9.53 Å². The number of nitrogens with zero attached hydrogens (tertiary/aromatic N) is 7. The minimum Gasteiger partial charge on any atom is -0.378 e. The summed E-state index contributed by atoms with van der Waals surface area (Å²) in [6, 6.07) is 17.5. The first-order chi connectivity index (χ1) is 16.7. The van der Waals surface area contributed by atoms with Crippen molar-refractivity contribution in [2.45, 2.75) is 6.54 Å². The molecule has 11 nitrogen and oxygen atoms in total. The van der Waals surface area contributed by atoms with E-state index in [1.54, 1.807) is 6.20 Å². The lowest BCUT2D eigenvalue weighted by atomic mass is 10.1. The summed E-state index contributed by atoms with van der Waals surface area (Å²) in [5.74, 6) is 0.295. The normalized spacial score (nSPS) is 13.5. The van der Waals surface area contributed by atoms with Crippen molar-refractivity contribution in [2.24, 2.45) is 0 Å². The highest BCUT2D eigenvalue weighted by molar-refractivity contribution is 5.90. The number of amides is 1. The van der Waals surface area contributed by atoms with Gasteiger partial charge in [0.05, 0.1) is 18.9 Å². The Bertz CT molecular complexity index is 1220. The van der Waals surface area contributed by atoms with Crippen LogP contribution in [0.1, 0.15) is 0 Å². The van der Waals surface area contributed by atoms with E-state index in [9.17, 15) is 4.79 Å². The molecule has 172 valence electrons. The van der Waals surface area contributed by atoms with Crippen molar-refractivity contribution in [3.63, 3.8) is 0 Å². The molecule has 1 amide bonds. The molecule has 0 spiro atoms. The third-order valence-electron chi connectivity index (χ3n) is 5.32. The van der Waals surface area contributed by atoms with Crippen molar-refractivity contribution in [3.05, 3.63) is 67.1 Å². The molecular formula is C23H23N9O2. The largest absolute Gasteiger partial charge is 0.378 e. The van der Waals surface area contributed by atoms with E-state index >= 15 is 0 Å². The standard InChI is InChI=1S/C23H23N9O2/c33-22(15-32-16-25-29-30-32)26-18-3-1-17(2-4-18)21-9-10-24-23(28-21)27-19-5-7-20(8-6-19)31-11-13-34-14-12-31/h1-10,16H,11-15H2,(H,26,33)(H,24,27,28). The zero-order chi connectivity index (χ0) is 23.2. The molecule has 3 heterocycles. The van der Waals surface area contributed by atoms with Gasteiger partial charge >= 0.3 is 0 Å². The summed E-state index contributed by atoms with van der Waals surface area (Å²) in [6.45, 7) is 3.37. The second kappa shape index (κ2) is 10.0. The molecule has 0 unspecified atom stereocenters. The summed E-state index contributed by atoms with van der Waals surface area (Å²) in [7, 11) is 0. The summed E-state index contributed by atoms with van der Waals surface area (Å²) in [4.78, 5) is 23.4. The minimum atomic E-state index is -0.215. The molecule has 4 aromatic rings. The number of carbonyl (C=O) groups is 1. The number of anilines is 4. The van der Waals surface area contributed by atoms with E-state index in [0.717, 1.165) is 43.2 Å². The highest BCUT2D eigenvalue weighted by Gasteiger charge is 2.11. The van der Waals surface area contributed by atoms with Crippen LogP contribution in [0.2, 0.25) is 0 Å². The van der Waals surface area contributed by atoms with Crippen molar-refractivity contribution in [2.75, 3.05) is 41.8 Å². The zero-order valence-corrected chi connectivity index (χ0v) is 18.3. The van der Waals surface area contributed by atoms with Gasteiger partial charge in [-0.1, -0.05) is 12.1 Å². The fourth-order valence-corrected chi connectivity index (χ4v) is 3.61. The maximum absolute atomic E-state index is 12.1. The van der Waals surface area contributed by atoms with Crippen molar-refractivity contribution in [3.8, 4) is 11.3 Å². The van der Waals surface area contributed by atoms with Crippen LogP contribution >= 0.6 is 0 Å². The molecule has 34 heavy (non-hydrogen) atoms. The van der Waals surface area contributed by atoms with Gasteiger partial charge in [0.15, 0.2) is 0 Å². The second-order valence-corrected chi connectivity index (χ2v) is 7.67. The average molecular weight is 457 g/mol. The van der Waals surface area contributed by atoms with E-state index in [-0.39, 0.29) is 12.5 Å². The molecule has 2 aromatic heterocycles. The van der Waals surface area contributed by atoms with Crippen LogP contribution in [0, 0.1) is 0 Å². The lowest BCUT2D eigenvalue weighted by molar-refractivity contribution is -0.116. The van der Waals surface area contributed by atoms with Gasteiger partial charge in [0.25, 0.3) is 0 Å². The van der Waals surface area contributed by atoms with Gasteiger partial charge in [-0.2, -0.15) is 0 Å². The minimum absolute atomic E-state index is 0.0448. The van der Waals surface area contributed by atoms with E-state index < -0.39 is 0 Å². The maximum atomic E-state index is 12.1. The zero-order valence-electron chi connectivity index (χ0n) is 18.3. The average Bonchev–Trinajstić information content (AvgIpc) is 3.39. The molecular weight excluding hydrogens is 434 g/mol. The molecule has 11 heteroatoms. The van der Waals surface area contributed by atoms with Gasteiger partial charge in [-0.15, -0.1) is 5.10 Å². The summed E-state index contributed by atoms with van der Waals surface area (Å²) < 4.78 is 6.77. The van der Waals surface area contributed by atoms with Gasteiger partial charge < -0.3 is 20.3 Å². The third-order valence-corrected chi connectivity index (χ3v) is 5.32. The number of benzene rings is 2. The predicted octanol–water partition coefficient (Wildman–Crippen LogP) is 2.35. The molecule has 0 aliphatic carbocycles. The highest BCUT2D eigenvalue weighted by Crippen LogP contribution is 2.23. The number of tetrazole rings is 1. The quantitative estimate of drug-likeness (QED) is 0.430. The Morgan fingerprint density at radius 3 is 2.47 bits per heavy atom. The van der Waals surface area contributed by atoms with Gasteiger partial charge in [-0.25, -0.2) is 14.6 Å². The number of hydrogen-bond acceptors (Lipinski definition) is 9. The second-order valence-electron chi connectivity index (χ2n) is 7.67. The van der Waals surface area contributed by atoms with E-state index in [0.29, 0.717) is 11.6 Å². The molecule has 1 aliphatic rings. The number of nitrogens with one attached hydrogen (secondary N) is 2. The first kappa shape index (κ1) is 21.5. The first-order valence-electron chi connectivity index (χ1n) is 10.9. The fraction of sp³-hybridized carbons (Fsp3) is 0.217. The summed E-state index contributed by atoms with van der Waals surface area (Å²) in [5.41, 5.74) is 4.44. The summed E-state index contributed by atoms with van der Waals surface area (Å²) in [5, 5.41) is 16.8. The lowest BCUT2D eigenvalue weighted by Gasteiger charge is -2.28. The van der Waals surface area contributed by atoms with Crippen LogP contribution in [-0.2, 0) is 16.1 Å². The molecule has 0 radical (unpaired) electrons. The van der Waals surface area contributed by atoms with Crippen molar-refractivity contribution in [1.82, 2.24) is 30.2 Å². The van der Waals surface area contributed by atoms with Gasteiger partial charge in [-0.05, 0) is 52.9 Å². The molecule has 2 N–H and O–H groups in total. The molecule has 1 fully saturated rings. The monoisotopic (exact) mass is 457 g/mol. The smallest absolute Gasteiger partial charge is 0.246 e. The molecule has 1 aliphatic heterocycles. The van der Waals surface area contributed by atoms with E-state index in [4.69, 9.17) is 4.74 Å². The fourth-order valence-electron chi connectivity index (χ4n) is 3.61. The van der Waals surface area contributed by atoms with Crippen molar-refractivity contribution >= 4 is 28.9 Å². The number of carbonyl (C=O) groups excluding carboxylic acids is 1. The van der Waals surface area contributed by atoms with Gasteiger partial charge in [0.2, 0.25) is 11.9 Å². The Kier molecular flexibility index (Phi) is 6.34. The third kappa shape index (κ3) is 5.33. The van der Waals surface area contributed by atoms with E-state index in [2.05, 4.69) is 53.2 Å². The Hall–Kier alpha value is -4.38. The Balaban J connectivity index is 1.21. The number of ether oxygens (including phenoxy) is 1. The molecule has 0 atom stereocenters. The van der Waals surface area contributed by atoms with Crippen LogP contribution in [-0.4, -0.2) is 62.4 Å². The van der Waals surface area contributed by atoms with Gasteiger partial charge in [0.1, 0.15) is 12.9 Å². The predicted molar refractivity (Wildman–Crippen MR) is 127 cm³/mol. The van der Waals surface area contributed by atoms with Crippen LogP contribution in [0.15, 0.2) is 67.1 Å². The van der Waals surface area contributed by atoms with Gasteiger partial charge in [-0.3, -0.25) is 4.79 Å². The first-order valence-corrected chi connectivity index (χ1v) is 10.9. The Morgan fingerprint density at radius 1 is 0.971 bits per heavy atom. The Labute approximate surface area is 195 Å². The number of hydrogen-bond donors (Lipinski definition) is 2. The summed E-state index contributed by atoms with van der Waals surface area (Å²) >= 11 is 0. The molecule has 0 saturated carbocycles. The number of rotatable bonds is 7. The topological polar surface area (TPSA) is 123 Å². The number of morpholine rings is 1. The SMILES string of the molecule is O=C(Cn1cnnn1)Nc1ccc(-c2ccnc(Nc3ccc(N4CCOCC4)cc3)n2)cc1. The highest BCUT2D eigenvalue weighted by atomic mass is 16.5. The van der Waals surface area contributed by atoms with Crippen LogP contribution in [0.5, 0.6) is 0 Å². The lowest BCUT2D eigenvalue weighted by Crippen LogP contribution is -2.36. The number of aromatic nitrogens is 6. The van der Waals surface area contributed by atoms with Crippen LogP contribution in [0.3, 0.4) is 0 Å². The maximum Gasteiger partial charge on any atom is 0.246 e.